The predicted molar refractivity (Wildman–Crippen MR) is 79.4 cm³/mol. The van der Waals surface area contributed by atoms with Crippen molar-refractivity contribution in [2.45, 2.75) is 19.8 Å². The maximum absolute atomic E-state index is 12.5. The molecule has 1 aromatic carbocycles. The lowest BCUT2D eigenvalue weighted by molar-refractivity contribution is -0.116. The van der Waals surface area contributed by atoms with E-state index in [1.165, 1.54) is 0 Å². The third-order valence-electron chi connectivity index (χ3n) is 3.22. The Labute approximate surface area is 122 Å². The fourth-order valence-corrected chi connectivity index (χ4v) is 2.27. The van der Waals surface area contributed by atoms with E-state index in [1.54, 1.807) is 17.0 Å². The number of urea groups is 1. The summed E-state index contributed by atoms with van der Waals surface area (Å²) in [4.78, 5) is 36.4. The molecule has 0 spiro atoms. The second-order valence-electron chi connectivity index (χ2n) is 4.74. The van der Waals surface area contributed by atoms with Gasteiger partial charge in [-0.25, -0.2) is 4.79 Å². The van der Waals surface area contributed by atoms with E-state index in [9.17, 15) is 14.4 Å². The molecule has 0 bridgehead atoms. The van der Waals surface area contributed by atoms with Gasteiger partial charge < -0.3 is 10.6 Å². The Morgan fingerprint density at radius 3 is 2.71 bits per heavy atom. The van der Waals surface area contributed by atoms with Crippen LogP contribution in [0, 0.1) is 0 Å². The van der Waals surface area contributed by atoms with Crippen molar-refractivity contribution < 1.29 is 14.4 Å². The van der Waals surface area contributed by atoms with Gasteiger partial charge in [-0.15, -0.1) is 0 Å². The first-order valence-corrected chi connectivity index (χ1v) is 6.78. The lowest BCUT2D eigenvalue weighted by Gasteiger charge is -2.16. The van der Waals surface area contributed by atoms with Crippen LogP contribution in [-0.2, 0) is 9.59 Å². The summed E-state index contributed by atoms with van der Waals surface area (Å²) in [5.41, 5.74) is 6.65. The van der Waals surface area contributed by atoms with Crippen molar-refractivity contribution in [2.75, 3.05) is 11.4 Å². The molecule has 0 aliphatic carbocycles. The van der Waals surface area contributed by atoms with Crippen LogP contribution in [0.25, 0.3) is 5.57 Å². The molecule has 1 aliphatic rings. The number of primary amides is 1. The Balaban J connectivity index is 2.35. The quantitative estimate of drug-likeness (QED) is 0.820. The van der Waals surface area contributed by atoms with Gasteiger partial charge in [-0.2, -0.15) is 0 Å². The van der Waals surface area contributed by atoms with Crippen LogP contribution in [0.3, 0.4) is 0 Å². The highest BCUT2D eigenvalue weighted by molar-refractivity contribution is 6.35. The van der Waals surface area contributed by atoms with Gasteiger partial charge in [-0.1, -0.05) is 31.5 Å². The minimum atomic E-state index is -0.946. The van der Waals surface area contributed by atoms with Crippen LogP contribution in [0.15, 0.2) is 30.3 Å². The monoisotopic (exact) mass is 287 g/mol. The molecular formula is C15H17N3O3. The number of hydrogen-bond donors (Lipinski definition) is 2. The first kappa shape index (κ1) is 14.8. The highest BCUT2D eigenvalue weighted by atomic mass is 16.2. The summed E-state index contributed by atoms with van der Waals surface area (Å²) in [6.45, 7) is 2.64. The van der Waals surface area contributed by atoms with E-state index in [4.69, 9.17) is 5.73 Å². The maximum Gasteiger partial charge on any atom is 0.319 e. The molecule has 110 valence electrons. The van der Waals surface area contributed by atoms with Crippen LogP contribution in [0.2, 0.25) is 0 Å². The number of hydrogen-bond acceptors (Lipinski definition) is 3. The number of anilines is 1. The summed E-state index contributed by atoms with van der Waals surface area (Å²) in [7, 11) is 0. The van der Waals surface area contributed by atoms with Gasteiger partial charge in [0.05, 0.1) is 11.3 Å². The van der Waals surface area contributed by atoms with Crippen LogP contribution in [-0.4, -0.2) is 24.4 Å². The first-order valence-electron chi connectivity index (χ1n) is 6.78. The maximum atomic E-state index is 12.5. The third-order valence-corrected chi connectivity index (χ3v) is 3.22. The predicted octanol–water partition coefficient (Wildman–Crippen LogP) is 1.41. The van der Waals surface area contributed by atoms with Crippen LogP contribution in [0.5, 0.6) is 0 Å². The summed E-state index contributed by atoms with van der Waals surface area (Å²) >= 11 is 0. The van der Waals surface area contributed by atoms with E-state index in [0.717, 1.165) is 24.6 Å². The number of nitrogens with two attached hydrogens (primary N) is 1. The van der Waals surface area contributed by atoms with Crippen molar-refractivity contribution in [3.8, 4) is 0 Å². The normalized spacial score (nSPS) is 15.2. The van der Waals surface area contributed by atoms with Crippen LogP contribution >= 0.6 is 0 Å². The SMILES string of the molecule is CCCCN1C(=O)/C(=C\C(=O)NC(N)=O)c2ccccc21. The number of imide groups is 1. The van der Waals surface area contributed by atoms with E-state index in [1.807, 2.05) is 24.4 Å². The highest BCUT2D eigenvalue weighted by Crippen LogP contribution is 2.36. The molecule has 0 fully saturated rings. The number of benzene rings is 1. The average molecular weight is 287 g/mol. The Bertz CT molecular complexity index is 622. The summed E-state index contributed by atoms with van der Waals surface area (Å²) in [6.07, 6.45) is 2.96. The van der Waals surface area contributed by atoms with E-state index < -0.39 is 11.9 Å². The molecule has 1 aromatic rings. The largest absolute Gasteiger partial charge is 0.351 e. The molecule has 0 unspecified atom stereocenters. The summed E-state index contributed by atoms with van der Waals surface area (Å²) < 4.78 is 0. The molecule has 1 aliphatic heterocycles. The van der Waals surface area contributed by atoms with Gasteiger partial charge in [0, 0.05) is 18.2 Å². The standard InChI is InChI=1S/C15H17N3O3/c1-2-3-8-18-12-7-5-4-6-10(12)11(14(18)20)9-13(19)17-15(16)21/h4-7,9H,2-3,8H2,1H3,(H3,16,17,19,21)/b11-9-. The van der Waals surface area contributed by atoms with Gasteiger partial charge in [-0.3, -0.25) is 14.9 Å². The smallest absolute Gasteiger partial charge is 0.319 e. The number of carbonyl (C=O) groups is 3. The van der Waals surface area contributed by atoms with Crippen LogP contribution < -0.4 is 16.0 Å². The van der Waals surface area contributed by atoms with Gasteiger partial charge in [0.1, 0.15) is 0 Å². The first-order chi connectivity index (χ1) is 10.0. The highest BCUT2D eigenvalue weighted by Gasteiger charge is 2.32. The summed E-state index contributed by atoms with van der Waals surface area (Å²) in [5.74, 6) is -0.928. The third kappa shape index (κ3) is 3.10. The van der Waals surface area contributed by atoms with Gasteiger partial charge in [0.25, 0.3) is 11.8 Å². The molecule has 0 radical (unpaired) electrons. The minimum absolute atomic E-state index is 0.232. The van der Waals surface area contributed by atoms with Crippen molar-refractivity contribution in [1.29, 1.82) is 0 Å². The van der Waals surface area contributed by atoms with Gasteiger partial charge >= 0.3 is 6.03 Å². The van der Waals surface area contributed by atoms with Gasteiger partial charge in [-0.05, 0) is 12.5 Å². The fourth-order valence-electron chi connectivity index (χ4n) is 2.27. The molecule has 0 saturated heterocycles. The molecular weight excluding hydrogens is 270 g/mol. The zero-order valence-corrected chi connectivity index (χ0v) is 11.8. The number of amides is 4. The molecule has 0 saturated carbocycles. The van der Waals surface area contributed by atoms with Crippen LogP contribution in [0.4, 0.5) is 10.5 Å². The molecule has 2 rings (SSSR count). The summed E-state index contributed by atoms with van der Waals surface area (Å²) in [6, 6.07) is 6.32. The number of fused-ring (bicyclic) bond motifs is 1. The fraction of sp³-hybridized carbons (Fsp3) is 0.267. The number of nitrogens with one attached hydrogen (secondary N) is 1. The van der Waals surface area contributed by atoms with Crippen molar-refractivity contribution in [2.24, 2.45) is 5.73 Å². The van der Waals surface area contributed by atoms with Crippen molar-refractivity contribution in [3.63, 3.8) is 0 Å². The van der Waals surface area contributed by atoms with Crippen LogP contribution in [0.1, 0.15) is 25.3 Å². The second kappa shape index (κ2) is 6.21. The number of nitrogens with zero attached hydrogens (tertiary/aromatic N) is 1. The van der Waals surface area contributed by atoms with Gasteiger partial charge in [0.2, 0.25) is 0 Å². The minimum Gasteiger partial charge on any atom is -0.351 e. The number of para-hydroxylation sites is 1. The number of carbonyl (C=O) groups excluding carboxylic acids is 3. The topological polar surface area (TPSA) is 92.5 Å². The number of rotatable bonds is 4. The van der Waals surface area contributed by atoms with E-state index in [0.29, 0.717) is 12.1 Å². The Kier molecular flexibility index (Phi) is 4.37. The second-order valence-corrected chi connectivity index (χ2v) is 4.74. The molecule has 0 atom stereocenters. The Morgan fingerprint density at radius 2 is 2.05 bits per heavy atom. The summed E-state index contributed by atoms with van der Waals surface area (Å²) in [5, 5.41) is 1.93. The molecule has 6 heteroatoms. The van der Waals surface area contributed by atoms with Crippen molar-refractivity contribution >= 4 is 29.1 Å². The lowest BCUT2D eigenvalue weighted by Crippen LogP contribution is -2.34. The van der Waals surface area contributed by atoms with Crippen molar-refractivity contribution in [3.05, 3.63) is 35.9 Å². The lowest BCUT2D eigenvalue weighted by atomic mass is 10.1. The van der Waals surface area contributed by atoms with E-state index in [2.05, 4.69) is 0 Å². The molecule has 0 aromatic heterocycles. The molecule has 3 N–H and O–H groups in total. The Hall–Kier alpha value is -2.63. The molecule has 21 heavy (non-hydrogen) atoms. The molecule has 6 nitrogen and oxygen atoms in total. The zero-order valence-electron chi connectivity index (χ0n) is 11.8. The van der Waals surface area contributed by atoms with Gasteiger partial charge in [0.15, 0.2) is 0 Å². The van der Waals surface area contributed by atoms with Crippen molar-refractivity contribution in [1.82, 2.24) is 5.32 Å². The van der Waals surface area contributed by atoms with E-state index in [-0.39, 0.29) is 11.5 Å². The van der Waals surface area contributed by atoms with E-state index >= 15 is 0 Å². The zero-order chi connectivity index (χ0) is 15.4. The molecule has 4 amide bonds. The Morgan fingerprint density at radius 1 is 1.33 bits per heavy atom. The average Bonchev–Trinajstić information content (AvgIpc) is 2.69. The molecule has 1 heterocycles. The number of unbranched alkanes of at least 4 members (excludes halogenated alkanes) is 1.